The van der Waals surface area contributed by atoms with E-state index in [0.29, 0.717) is 5.91 Å². The first-order chi connectivity index (χ1) is 13.8. The molecule has 2 aliphatic rings. The number of thiazole rings is 1. The second-order valence-electron chi connectivity index (χ2n) is 7.44. The fraction of sp³-hybridized carbons (Fsp3) is 0.450. The lowest BCUT2D eigenvalue weighted by Gasteiger charge is -2.32. The standard InChI is InChI=1S/C20H22N6OS/c27-19(25-7-1-2-8-25)14-5-9-26(10-6-14)20-24-17-4-3-16(23-18(17)28-20)15-11-21-13-22-12-15/h3-4,11-14H,1-2,5-10H2. The van der Waals surface area contributed by atoms with Crippen LogP contribution < -0.4 is 4.90 Å². The Bertz CT molecular complexity index is 977. The Morgan fingerprint density at radius 1 is 1.00 bits per heavy atom. The number of anilines is 1. The number of rotatable bonds is 3. The van der Waals surface area contributed by atoms with Gasteiger partial charge in [0.25, 0.3) is 0 Å². The van der Waals surface area contributed by atoms with Gasteiger partial charge in [-0.2, -0.15) is 0 Å². The van der Waals surface area contributed by atoms with Crippen molar-refractivity contribution in [3.8, 4) is 11.3 Å². The van der Waals surface area contributed by atoms with Crippen molar-refractivity contribution in [3.63, 3.8) is 0 Å². The van der Waals surface area contributed by atoms with Crippen LogP contribution in [0.25, 0.3) is 21.6 Å². The maximum atomic E-state index is 12.6. The quantitative estimate of drug-likeness (QED) is 0.680. The summed E-state index contributed by atoms with van der Waals surface area (Å²) in [6.07, 6.45) is 9.18. The van der Waals surface area contributed by atoms with Crippen molar-refractivity contribution in [2.24, 2.45) is 5.92 Å². The van der Waals surface area contributed by atoms with E-state index in [2.05, 4.69) is 19.8 Å². The van der Waals surface area contributed by atoms with Gasteiger partial charge in [-0.15, -0.1) is 0 Å². The number of hydrogen-bond acceptors (Lipinski definition) is 7. The van der Waals surface area contributed by atoms with Crippen LogP contribution in [0.4, 0.5) is 5.13 Å². The normalized spacial score (nSPS) is 18.1. The van der Waals surface area contributed by atoms with Crippen LogP contribution in [-0.4, -0.2) is 56.9 Å². The summed E-state index contributed by atoms with van der Waals surface area (Å²) in [7, 11) is 0. The summed E-state index contributed by atoms with van der Waals surface area (Å²) in [6, 6.07) is 3.97. The summed E-state index contributed by atoms with van der Waals surface area (Å²) >= 11 is 1.62. The summed E-state index contributed by atoms with van der Waals surface area (Å²) in [5, 5.41) is 0.996. The summed E-state index contributed by atoms with van der Waals surface area (Å²) in [5.74, 6) is 0.532. The Balaban J connectivity index is 1.30. The number of piperidine rings is 1. The minimum Gasteiger partial charge on any atom is -0.348 e. The maximum Gasteiger partial charge on any atom is 0.225 e. The van der Waals surface area contributed by atoms with Crippen LogP contribution in [0.2, 0.25) is 0 Å². The molecule has 3 aromatic heterocycles. The molecule has 0 aliphatic carbocycles. The first-order valence-corrected chi connectivity index (χ1v) is 10.7. The Morgan fingerprint density at radius 3 is 2.50 bits per heavy atom. The van der Waals surface area contributed by atoms with Crippen molar-refractivity contribution in [1.82, 2.24) is 24.8 Å². The van der Waals surface area contributed by atoms with Crippen molar-refractivity contribution in [2.45, 2.75) is 25.7 Å². The molecule has 2 fully saturated rings. The van der Waals surface area contributed by atoms with Crippen LogP contribution >= 0.6 is 11.3 Å². The third-order valence-electron chi connectivity index (χ3n) is 5.63. The van der Waals surface area contributed by atoms with Crippen LogP contribution in [0.15, 0.2) is 30.9 Å². The zero-order valence-corrected chi connectivity index (χ0v) is 16.4. The average molecular weight is 395 g/mol. The van der Waals surface area contributed by atoms with Gasteiger partial charge in [0, 0.05) is 50.1 Å². The third-order valence-corrected chi connectivity index (χ3v) is 6.66. The molecule has 0 aromatic carbocycles. The topological polar surface area (TPSA) is 75.1 Å². The van der Waals surface area contributed by atoms with E-state index in [-0.39, 0.29) is 5.92 Å². The highest BCUT2D eigenvalue weighted by atomic mass is 32.1. The molecule has 0 bridgehead atoms. The van der Waals surface area contributed by atoms with Gasteiger partial charge in [-0.05, 0) is 37.8 Å². The largest absolute Gasteiger partial charge is 0.348 e. The van der Waals surface area contributed by atoms with Gasteiger partial charge in [0.15, 0.2) is 5.13 Å². The molecule has 0 unspecified atom stereocenters. The van der Waals surface area contributed by atoms with Crippen molar-refractivity contribution in [3.05, 3.63) is 30.9 Å². The smallest absolute Gasteiger partial charge is 0.225 e. The number of pyridine rings is 1. The van der Waals surface area contributed by atoms with Gasteiger partial charge in [0.1, 0.15) is 16.7 Å². The number of amides is 1. The molecule has 5 heterocycles. The van der Waals surface area contributed by atoms with E-state index in [4.69, 9.17) is 9.97 Å². The lowest BCUT2D eigenvalue weighted by Crippen LogP contribution is -2.41. The summed E-state index contributed by atoms with van der Waals surface area (Å²) in [4.78, 5) is 35.6. The van der Waals surface area contributed by atoms with E-state index in [0.717, 1.165) is 78.6 Å². The Kier molecular flexibility index (Phi) is 4.64. The van der Waals surface area contributed by atoms with Crippen LogP contribution in [0.1, 0.15) is 25.7 Å². The zero-order chi connectivity index (χ0) is 18.9. The van der Waals surface area contributed by atoms with E-state index < -0.39 is 0 Å². The molecule has 2 saturated heterocycles. The molecule has 0 spiro atoms. The lowest BCUT2D eigenvalue weighted by atomic mass is 9.95. The van der Waals surface area contributed by atoms with Crippen molar-refractivity contribution in [2.75, 3.05) is 31.1 Å². The minimum atomic E-state index is 0.173. The molecule has 3 aromatic rings. The van der Waals surface area contributed by atoms with Gasteiger partial charge in [-0.25, -0.2) is 19.9 Å². The monoisotopic (exact) mass is 394 g/mol. The average Bonchev–Trinajstić information content (AvgIpc) is 3.43. The molecule has 7 nitrogen and oxygen atoms in total. The highest BCUT2D eigenvalue weighted by Crippen LogP contribution is 2.32. The highest BCUT2D eigenvalue weighted by Gasteiger charge is 2.30. The van der Waals surface area contributed by atoms with Gasteiger partial charge >= 0.3 is 0 Å². The molecule has 8 heteroatoms. The maximum absolute atomic E-state index is 12.6. The molecule has 0 atom stereocenters. The molecular weight excluding hydrogens is 372 g/mol. The Morgan fingerprint density at radius 2 is 1.75 bits per heavy atom. The lowest BCUT2D eigenvalue weighted by molar-refractivity contribution is -0.135. The minimum absolute atomic E-state index is 0.173. The van der Waals surface area contributed by atoms with Crippen LogP contribution in [-0.2, 0) is 4.79 Å². The van der Waals surface area contributed by atoms with E-state index in [1.54, 1.807) is 23.7 Å². The van der Waals surface area contributed by atoms with E-state index >= 15 is 0 Å². The SMILES string of the molecule is O=C(C1CCN(c2nc3ccc(-c4cncnc4)nc3s2)CC1)N1CCCC1. The van der Waals surface area contributed by atoms with E-state index in [9.17, 15) is 4.79 Å². The molecule has 144 valence electrons. The summed E-state index contributed by atoms with van der Waals surface area (Å²) < 4.78 is 0. The molecule has 0 radical (unpaired) electrons. The number of aromatic nitrogens is 4. The predicted octanol–water partition coefficient (Wildman–Crippen LogP) is 2.99. The van der Waals surface area contributed by atoms with Crippen LogP contribution in [0, 0.1) is 5.92 Å². The van der Waals surface area contributed by atoms with Crippen molar-refractivity contribution < 1.29 is 4.79 Å². The van der Waals surface area contributed by atoms with Gasteiger partial charge in [0.2, 0.25) is 5.91 Å². The van der Waals surface area contributed by atoms with Crippen molar-refractivity contribution in [1.29, 1.82) is 0 Å². The number of hydrogen-bond donors (Lipinski definition) is 0. The fourth-order valence-corrected chi connectivity index (χ4v) is 5.04. The second kappa shape index (κ2) is 7.43. The van der Waals surface area contributed by atoms with Gasteiger partial charge in [0.05, 0.1) is 5.69 Å². The first-order valence-electron chi connectivity index (χ1n) is 9.84. The van der Waals surface area contributed by atoms with E-state index in [1.165, 1.54) is 6.33 Å². The summed E-state index contributed by atoms with van der Waals surface area (Å²) in [5.41, 5.74) is 2.68. The molecule has 2 aliphatic heterocycles. The van der Waals surface area contributed by atoms with Gasteiger partial charge < -0.3 is 9.80 Å². The fourth-order valence-electron chi connectivity index (χ4n) is 4.05. The number of fused-ring (bicyclic) bond motifs is 1. The van der Waals surface area contributed by atoms with Crippen LogP contribution in [0.3, 0.4) is 0 Å². The predicted molar refractivity (Wildman–Crippen MR) is 109 cm³/mol. The Hall–Kier alpha value is -2.61. The van der Waals surface area contributed by atoms with Gasteiger partial charge in [-0.1, -0.05) is 11.3 Å². The van der Waals surface area contributed by atoms with Crippen molar-refractivity contribution >= 4 is 32.7 Å². The molecule has 0 saturated carbocycles. The number of carbonyl (C=O) groups is 1. The molecule has 0 N–H and O–H groups in total. The molecule has 28 heavy (non-hydrogen) atoms. The van der Waals surface area contributed by atoms with Crippen LogP contribution in [0.5, 0.6) is 0 Å². The first kappa shape index (κ1) is 17.5. The number of nitrogens with zero attached hydrogens (tertiary/aromatic N) is 6. The highest BCUT2D eigenvalue weighted by molar-refractivity contribution is 7.21. The molecule has 5 rings (SSSR count). The second-order valence-corrected chi connectivity index (χ2v) is 8.39. The number of carbonyl (C=O) groups excluding carboxylic acids is 1. The summed E-state index contributed by atoms with van der Waals surface area (Å²) in [6.45, 7) is 3.64. The third kappa shape index (κ3) is 3.32. The molecule has 1 amide bonds. The Labute approximate surface area is 167 Å². The zero-order valence-electron chi connectivity index (χ0n) is 15.6. The number of likely N-dealkylation sites (tertiary alicyclic amines) is 1. The van der Waals surface area contributed by atoms with E-state index in [1.807, 2.05) is 12.1 Å². The molecular formula is C20H22N6OS. The van der Waals surface area contributed by atoms with Gasteiger partial charge in [-0.3, -0.25) is 4.79 Å².